The second kappa shape index (κ2) is 3.91. The van der Waals surface area contributed by atoms with Gasteiger partial charge in [0.1, 0.15) is 0 Å². The van der Waals surface area contributed by atoms with Gasteiger partial charge in [-0.15, -0.1) is 0 Å². The van der Waals surface area contributed by atoms with Crippen LogP contribution in [-0.4, -0.2) is 9.78 Å². The SMILES string of the molecule is Cn1ncc(N)c1-c1ccc(C(C)(C)C)cc1. The van der Waals surface area contributed by atoms with E-state index in [1.165, 1.54) is 5.56 Å². The van der Waals surface area contributed by atoms with Gasteiger partial charge in [0.05, 0.1) is 17.6 Å². The average Bonchev–Trinajstić information content (AvgIpc) is 2.58. The van der Waals surface area contributed by atoms with Crippen LogP contribution in [0.15, 0.2) is 30.5 Å². The van der Waals surface area contributed by atoms with Crippen LogP contribution in [0.4, 0.5) is 5.69 Å². The minimum Gasteiger partial charge on any atom is -0.396 e. The van der Waals surface area contributed by atoms with E-state index in [0.717, 1.165) is 16.9 Å². The molecular weight excluding hydrogens is 210 g/mol. The van der Waals surface area contributed by atoms with E-state index >= 15 is 0 Å². The van der Waals surface area contributed by atoms with Crippen LogP contribution in [-0.2, 0) is 12.5 Å². The molecule has 0 unspecified atom stereocenters. The Balaban J connectivity index is 2.43. The molecular formula is C14H19N3. The number of aryl methyl sites for hydroxylation is 1. The highest BCUT2D eigenvalue weighted by Crippen LogP contribution is 2.28. The largest absolute Gasteiger partial charge is 0.396 e. The van der Waals surface area contributed by atoms with Gasteiger partial charge in [-0.05, 0) is 11.0 Å². The van der Waals surface area contributed by atoms with Crippen molar-refractivity contribution in [2.45, 2.75) is 26.2 Å². The molecule has 1 aromatic heterocycles. The molecule has 0 spiro atoms. The summed E-state index contributed by atoms with van der Waals surface area (Å²) in [5.41, 5.74) is 10.2. The fourth-order valence-corrected chi connectivity index (χ4v) is 1.94. The molecule has 90 valence electrons. The van der Waals surface area contributed by atoms with Crippen LogP contribution in [0.5, 0.6) is 0 Å². The maximum atomic E-state index is 5.91. The molecule has 1 aromatic carbocycles. The monoisotopic (exact) mass is 229 g/mol. The third-order valence-electron chi connectivity index (χ3n) is 2.99. The zero-order valence-corrected chi connectivity index (χ0v) is 10.9. The zero-order chi connectivity index (χ0) is 12.6. The van der Waals surface area contributed by atoms with Gasteiger partial charge in [-0.3, -0.25) is 4.68 Å². The lowest BCUT2D eigenvalue weighted by molar-refractivity contribution is 0.590. The standard InChI is InChI=1S/C14H19N3/c1-14(2,3)11-7-5-10(6-8-11)13-12(15)9-16-17(13)4/h5-9H,15H2,1-4H3. The fraction of sp³-hybridized carbons (Fsp3) is 0.357. The summed E-state index contributed by atoms with van der Waals surface area (Å²) in [5.74, 6) is 0. The van der Waals surface area contributed by atoms with E-state index in [0.29, 0.717) is 0 Å². The minimum absolute atomic E-state index is 0.177. The Morgan fingerprint density at radius 1 is 1.12 bits per heavy atom. The Kier molecular flexibility index (Phi) is 2.69. The average molecular weight is 229 g/mol. The molecule has 2 N–H and O–H groups in total. The molecule has 0 bridgehead atoms. The normalized spacial score (nSPS) is 11.8. The highest BCUT2D eigenvalue weighted by Gasteiger charge is 2.14. The summed E-state index contributed by atoms with van der Waals surface area (Å²) in [6.45, 7) is 6.63. The lowest BCUT2D eigenvalue weighted by Gasteiger charge is -2.19. The van der Waals surface area contributed by atoms with E-state index in [2.05, 4.69) is 50.1 Å². The number of nitrogens with zero attached hydrogens (tertiary/aromatic N) is 2. The van der Waals surface area contributed by atoms with Gasteiger partial charge in [0.2, 0.25) is 0 Å². The van der Waals surface area contributed by atoms with Crippen LogP contribution in [0.1, 0.15) is 26.3 Å². The van der Waals surface area contributed by atoms with Gasteiger partial charge in [-0.1, -0.05) is 45.0 Å². The van der Waals surface area contributed by atoms with Gasteiger partial charge < -0.3 is 5.73 Å². The van der Waals surface area contributed by atoms with E-state index in [-0.39, 0.29) is 5.41 Å². The van der Waals surface area contributed by atoms with Crippen LogP contribution in [0.2, 0.25) is 0 Å². The molecule has 3 heteroatoms. The number of hydrogen-bond acceptors (Lipinski definition) is 2. The summed E-state index contributed by atoms with van der Waals surface area (Å²) in [7, 11) is 1.91. The van der Waals surface area contributed by atoms with Crippen molar-refractivity contribution in [2.75, 3.05) is 5.73 Å². The van der Waals surface area contributed by atoms with Gasteiger partial charge in [0.15, 0.2) is 0 Å². The summed E-state index contributed by atoms with van der Waals surface area (Å²) in [4.78, 5) is 0. The summed E-state index contributed by atoms with van der Waals surface area (Å²) in [6, 6.07) is 8.52. The van der Waals surface area contributed by atoms with Crippen molar-refractivity contribution in [1.29, 1.82) is 0 Å². The molecule has 0 amide bonds. The molecule has 1 heterocycles. The molecule has 3 nitrogen and oxygen atoms in total. The predicted molar refractivity (Wildman–Crippen MR) is 71.8 cm³/mol. The first-order valence-electron chi connectivity index (χ1n) is 5.78. The Labute approximate surface area is 102 Å². The number of hydrogen-bond donors (Lipinski definition) is 1. The highest BCUT2D eigenvalue weighted by molar-refractivity contribution is 5.72. The van der Waals surface area contributed by atoms with Crippen LogP contribution in [0.3, 0.4) is 0 Å². The first-order valence-corrected chi connectivity index (χ1v) is 5.78. The molecule has 2 rings (SSSR count). The number of nitrogen functional groups attached to an aromatic ring is 1. The van der Waals surface area contributed by atoms with Crippen molar-refractivity contribution in [3.63, 3.8) is 0 Å². The summed E-state index contributed by atoms with van der Waals surface area (Å²) < 4.78 is 1.81. The summed E-state index contributed by atoms with van der Waals surface area (Å²) in [6.07, 6.45) is 1.69. The number of anilines is 1. The Hall–Kier alpha value is -1.77. The number of benzene rings is 1. The molecule has 17 heavy (non-hydrogen) atoms. The van der Waals surface area contributed by atoms with Crippen molar-refractivity contribution < 1.29 is 0 Å². The Morgan fingerprint density at radius 2 is 1.71 bits per heavy atom. The van der Waals surface area contributed by atoms with Crippen molar-refractivity contribution in [1.82, 2.24) is 9.78 Å². The molecule has 0 radical (unpaired) electrons. The molecule has 0 fully saturated rings. The maximum absolute atomic E-state index is 5.91. The van der Waals surface area contributed by atoms with Crippen LogP contribution < -0.4 is 5.73 Å². The number of nitrogens with two attached hydrogens (primary N) is 1. The van der Waals surface area contributed by atoms with Gasteiger partial charge >= 0.3 is 0 Å². The Bertz CT molecular complexity index is 496. The van der Waals surface area contributed by atoms with Crippen molar-refractivity contribution in [2.24, 2.45) is 7.05 Å². The quantitative estimate of drug-likeness (QED) is 0.817. The second-order valence-electron chi connectivity index (χ2n) is 5.40. The molecule has 0 aliphatic rings. The molecule has 0 saturated carbocycles. The topological polar surface area (TPSA) is 43.8 Å². The predicted octanol–water partition coefficient (Wildman–Crippen LogP) is 2.97. The third-order valence-corrected chi connectivity index (χ3v) is 2.99. The van der Waals surface area contributed by atoms with Crippen LogP contribution in [0, 0.1) is 0 Å². The second-order valence-corrected chi connectivity index (χ2v) is 5.40. The smallest absolute Gasteiger partial charge is 0.0908 e. The number of aromatic nitrogens is 2. The van der Waals surface area contributed by atoms with Crippen molar-refractivity contribution >= 4 is 5.69 Å². The molecule has 0 aliphatic carbocycles. The van der Waals surface area contributed by atoms with Crippen LogP contribution >= 0.6 is 0 Å². The van der Waals surface area contributed by atoms with Crippen LogP contribution in [0.25, 0.3) is 11.3 Å². The maximum Gasteiger partial charge on any atom is 0.0908 e. The third kappa shape index (κ3) is 2.18. The first-order chi connectivity index (χ1) is 7.89. The van der Waals surface area contributed by atoms with Gasteiger partial charge in [-0.25, -0.2) is 0 Å². The van der Waals surface area contributed by atoms with E-state index in [1.807, 2.05) is 7.05 Å². The number of rotatable bonds is 1. The van der Waals surface area contributed by atoms with Gasteiger partial charge in [0.25, 0.3) is 0 Å². The fourth-order valence-electron chi connectivity index (χ4n) is 1.94. The van der Waals surface area contributed by atoms with Crippen molar-refractivity contribution in [3.05, 3.63) is 36.0 Å². The zero-order valence-electron chi connectivity index (χ0n) is 10.9. The Morgan fingerprint density at radius 3 is 2.12 bits per heavy atom. The molecule has 0 saturated heterocycles. The van der Waals surface area contributed by atoms with E-state index in [1.54, 1.807) is 10.9 Å². The van der Waals surface area contributed by atoms with E-state index in [4.69, 9.17) is 5.73 Å². The van der Waals surface area contributed by atoms with Gasteiger partial charge in [0, 0.05) is 12.6 Å². The summed E-state index contributed by atoms with van der Waals surface area (Å²) in [5, 5.41) is 4.16. The lowest BCUT2D eigenvalue weighted by Crippen LogP contribution is -2.10. The highest BCUT2D eigenvalue weighted by atomic mass is 15.3. The molecule has 0 atom stereocenters. The minimum atomic E-state index is 0.177. The van der Waals surface area contributed by atoms with E-state index in [9.17, 15) is 0 Å². The molecule has 0 aliphatic heterocycles. The van der Waals surface area contributed by atoms with Gasteiger partial charge in [-0.2, -0.15) is 5.10 Å². The summed E-state index contributed by atoms with van der Waals surface area (Å²) >= 11 is 0. The lowest BCUT2D eigenvalue weighted by atomic mass is 9.86. The van der Waals surface area contributed by atoms with E-state index < -0.39 is 0 Å². The molecule has 2 aromatic rings. The van der Waals surface area contributed by atoms with Crippen molar-refractivity contribution in [3.8, 4) is 11.3 Å². The first kappa shape index (κ1) is 11.7.